The SMILES string of the molecule is CCCNC(CCc1cccs1)C1CCCCO1. The molecule has 0 aromatic carbocycles. The molecular weight excluding hydrogens is 242 g/mol. The number of aryl methyl sites for hydroxylation is 1. The van der Waals surface area contributed by atoms with Crippen LogP contribution >= 0.6 is 11.3 Å². The molecule has 102 valence electrons. The fourth-order valence-electron chi connectivity index (χ4n) is 2.58. The minimum absolute atomic E-state index is 0.435. The quantitative estimate of drug-likeness (QED) is 0.814. The first-order chi connectivity index (χ1) is 8.90. The smallest absolute Gasteiger partial charge is 0.0728 e. The molecule has 2 unspecified atom stereocenters. The van der Waals surface area contributed by atoms with E-state index < -0.39 is 0 Å². The number of ether oxygens (including phenoxy) is 1. The van der Waals surface area contributed by atoms with Crippen molar-refractivity contribution in [1.82, 2.24) is 5.32 Å². The zero-order chi connectivity index (χ0) is 12.6. The molecule has 1 aliphatic rings. The summed E-state index contributed by atoms with van der Waals surface area (Å²) in [5, 5.41) is 5.85. The van der Waals surface area contributed by atoms with Gasteiger partial charge in [-0.2, -0.15) is 0 Å². The van der Waals surface area contributed by atoms with Gasteiger partial charge in [-0.3, -0.25) is 0 Å². The summed E-state index contributed by atoms with van der Waals surface area (Å²) in [5.74, 6) is 0. The fraction of sp³-hybridized carbons (Fsp3) is 0.733. The molecule has 0 amide bonds. The highest BCUT2D eigenvalue weighted by atomic mass is 32.1. The number of thiophene rings is 1. The normalized spacial score (nSPS) is 21.9. The minimum Gasteiger partial charge on any atom is -0.377 e. The van der Waals surface area contributed by atoms with Crippen LogP contribution in [0.15, 0.2) is 17.5 Å². The minimum atomic E-state index is 0.435. The van der Waals surface area contributed by atoms with Crippen molar-refractivity contribution >= 4 is 11.3 Å². The van der Waals surface area contributed by atoms with E-state index in [0.29, 0.717) is 12.1 Å². The molecule has 2 heterocycles. The first-order valence-electron chi connectivity index (χ1n) is 7.27. The topological polar surface area (TPSA) is 21.3 Å². The van der Waals surface area contributed by atoms with Gasteiger partial charge in [-0.05, 0) is 56.5 Å². The van der Waals surface area contributed by atoms with Gasteiger partial charge in [0.05, 0.1) is 6.10 Å². The fourth-order valence-corrected chi connectivity index (χ4v) is 3.31. The van der Waals surface area contributed by atoms with E-state index in [4.69, 9.17) is 4.74 Å². The van der Waals surface area contributed by atoms with Crippen molar-refractivity contribution < 1.29 is 4.74 Å². The average molecular weight is 267 g/mol. The molecule has 0 bridgehead atoms. The summed E-state index contributed by atoms with van der Waals surface area (Å²) >= 11 is 1.87. The van der Waals surface area contributed by atoms with E-state index >= 15 is 0 Å². The monoisotopic (exact) mass is 267 g/mol. The largest absolute Gasteiger partial charge is 0.377 e. The predicted octanol–water partition coefficient (Wildman–Crippen LogP) is 3.62. The molecule has 1 N–H and O–H groups in total. The predicted molar refractivity (Wildman–Crippen MR) is 78.3 cm³/mol. The third kappa shape index (κ3) is 4.38. The van der Waals surface area contributed by atoms with E-state index in [-0.39, 0.29) is 0 Å². The van der Waals surface area contributed by atoms with Crippen molar-refractivity contribution in [3.8, 4) is 0 Å². The summed E-state index contributed by atoms with van der Waals surface area (Å²) in [4.78, 5) is 1.49. The number of nitrogens with one attached hydrogen (secondary N) is 1. The molecule has 1 aliphatic heterocycles. The Balaban J connectivity index is 1.83. The third-order valence-electron chi connectivity index (χ3n) is 3.60. The molecule has 1 aromatic rings. The van der Waals surface area contributed by atoms with E-state index in [2.05, 4.69) is 29.8 Å². The first-order valence-corrected chi connectivity index (χ1v) is 8.15. The summed E-state index contributed by atoms with van der Waals surface area (Å²) < 4.78 is 5.95. The molecule has 1 fully saturated rings. The molecule has 3 heteroatoms. The Kier molecular flexibility index (Phi) is 6.18. The summed E-state index contributed by atoms with van der Waals surface area (Å²) in [6.07, 6.45) is 7.80. The highest BCUT2D eigenvalue weighted by molar-refractivity contribution is 7.09. The summed E-state index contributed by atoms with van der Waals surface area (Å²) in [5.41, 5.74) is 0. The van der Waals surface area contributed by atoms with Gasteiger partial charge in [0, 0.05) is 17.5 Å². The molecule has 1 saturated heterocycles. The van der Waals surface area contributed by atoms with E-state index in [1.165, 1.54) is 43.4 Å². The average Bonchev–Trinajstić information content (AvgIpc) is 2.93. The Bertz CT molecular complexity index is 306. The van der Waals surface area contributed by atoms with Crippen LogP contribution in [0.5, 0.6) is 0 Å². The second kappa shape index (κ2) is 7.93. The molecule has 0 aliphatic carbocycles. The Morgan fingerprint density at radius 2 is 2.44 bits per heavy atom. The maximum absolute atomic E-state index is 5.95. The van der Waals surface area contributed by atoms with Gasteiger partial charge in [0.25, 0.3) is 0 Å². The van der Waals surface area contributed by atoms with Gasteiger partial charge in [-0.1, -0.05) is 13.0 Å². The summed E-state index contributed by atoms with van der Waals surface area (Å²) in [6, 6.07) is 4.92. The Hall–Kier alpha value is -0.380. The second-order valence-electron chi connectivity index (χ2n) is 5.08. The molecular formula is C15H25NOS. The van der Waals surface area contributed by atoms with E-state index in [0.717, 1.165) is 13.2 Å². The van der Waals surface area contributed by atoms with Crippen LogP contribution in [0.1, 0.15) is 43.9 Å². The molecule has 18 heavy (non-hydrogen) atoms. The Morgan fingerprint density at radius 1 is 1.50 bits per heavy atom. The highest BCUT2D eigenvalue weighted by Gasteiger charge is 2.23. The van der Waals surface area contributed by atoms with Crippen LogP contribution in [0.4, 0.5) is 0 Å². The van der Waals surface area contributed by atoms with Gasteiger partial charge in [-0.25, -0.2) is 0 Å². The van der Waals surface area contributed by atoms with Crippen molar-refractivity contribution in [2.24, 2.45) is 0 Å². The maximum Gasteiger partial charge on any atom is 0.0728 e. The van der Waals surface area contributed by atoms with Gasteiger partial charge in [-0.15, -0.1) is 11.3 Å². The van der Waals surface area contributed by atoms with Gasteiger partial charge in [0.1, 0.15) is 0 Å². The molecule has 0 saturated carbocycles. The van der Waals surface area contributed by atoms with Crippen LogP contribution in [0.2, 0.25) is 0 Å². The van der Waals surface area contributed by atoms with Gasteiger partial charge in [0.2, 0.25) is 0 Å². The summed E-state index contributed by atoms with van der Waals surface area (Å²) in [6.45, 7) is 4.29. The van der Waals surface area contributed by atoms with Crippen LogP contribution < -0.4 is 5.32 Å². The molecule has 1 aromatic heterocycles. The first kappa shape index (κ1) is 14.0. The molecule has 2 rings (SSSR count). The van der Waals surface area contributed by atoms with Crippen molar-refractivity contribution in [2.45, 2.75) is 57.6 Å². The standard InChI is InChI=1S/C15H25NOS/c1-2-10-16-14(15-7-3-4-11-17-15)9-8-13-6-5-12-18-13/h5-6,12,14-16H,2-4,7-11H2,1H3. The van der Waals surface area contributed by atoms with Crippen LogP contribution in [-0.2, 0) is 11.2 Å². The molecule has 0 radical (unpaired) electrons. The van der Waals surface area contributed by atoms with Crippen molar-refractivity contribution in [1.29, 1.82) is 0 Å². The van der Waals surface area contributed by atoms with Gasteiger partial charge >= 0.3 is 0 Å². The lowest BCUT2D eigenvalue weighted by Gasteiger charge is -2.31. The molecule has 2 atom stereocenters. The maximum atomic E-state index is 5.95. The lowest BCUT2D eigenvalue weighted by Crippen LogP contribution is -2.43. The van der Waals surface area contributed by atoms with E-state index in [9.17, 15) is 0 Å². The van der Waals surface area contributed by atoms with Crippen LogP contribution in [0.25, 0.3) is 0 Å². The number of hydrogen-bond acceptors (Lipinski definition) is 3. The van der Waals surface area contributed by atoms with Crippen LogP contribution in [0, 0.1) is 0 Å². The number of hydrogen-bond donors (Lipinski definition) is 1. The zero-order valence-corrected chi connectivity index (χ0v) is 12.2. The van der Waals surface area contributed by atoms with Gasteiger partial charge < -0.3 is 10.1 Å². The zero-order valence-electron chi connectivity index (χ0n) is 11.4. The summed E-state index contributed by atoms with van der Waals surface area (Å²) in [7, 11) is 0. The van der Waals surface area contributed by atoms with Crippen molar-refractivity contribution in [2.75, 3.05) is 13.2 Å². The molecule has 2 nitrogen and oxygen atoms in total. The van der Waals surface area contributed by atoms with E-state index in [1.807, 2.05) is 11.3 Å². The van der Waals surface area contributed by atoms with Crippen molar-refractivity contribution in [3.63, 3.8) is 0 Å². The Morgan fingerprint density at radius 3 is 3.11 bits per heavy atom. The lowest BCUT2D eigenvalue weighted by molar-refractivity contribution is -0.00910. The lowest BCUT2D eigenvalue weighted by atomic mass is 9.98. The molecule has 0 spiro atoms. The van der Waals surface area contributed by atoms with Gasteiger partial charge in [0.15, 0.2) is 0 Å². The second-order valence-corrected chi connectivity index (χ2v) is 6.12. The van der Waals surface area contributed by atoms with Crippen LogP contribution in [-0.4, -0.2) is 25.3 Å². The Labute approximate surface area is 115 Å². The highest BCUT2D eigenvalue weighted by Crippen LogP contribution is 2.20. The van der Waals surface area contributed by atoms with Crippen LogP contribution in [0.3, 0.4) is 0 Å². The van der Waals surface area contributed by atoms with E-state index in [1.54, 1.807) is 0 Å². The van der Waals surface area contributed by atoms with Crippen molar-refractivity contribution in [3.05, 3.63) is 22.4 Å². The number of rotatable bonds is 7. The third-order valence-corrected chi connectivity index (χ3v) is 4.54.